The van der Waals surface area contributed by atoms with E-state index in [2.05, 4.69) is 20.9 Å². The van der Waals surface area contributed by atoms with Gasteiger partial charge in [-0.2, -0.15) is 0 Å². The second-order valence-corrected chi connectivity index (χ2v) is 10.0. The van der Waals surface area contributed by atoms with Crippen molar-refractivity contribution in [3.05, 3.63) is 50.9 Å². The fourth-order valence-electron chi connectivity index (χ4n) is 4.58. The number of thiazole rings is 1. The highest BCUT2D eigenvalue weighted by Crippen LogP contribution is 2.52. The first kappa shape index (κ1) is 22.2. The maximum absolute atomic E-state index is 12.6. The van der Waals surface area contributed by atoms with Gasteiger partial charge in [0.1, 0.15) is 28.4 Å². The molecule has 1 N–H and O–H groups in total. The summed E-state index contributed by atoms with van der Waals surface area (Å²) < 4.78 is 12.2. The number of likely N-dealkylation sites (tertiary alicyclic amines) is 1. The molecule has 2 heterocycles. The first-order valence-electron chi connectivity index (χ1n) is 10.3. The minimum absolute atomic E-state index is 0.0241. The summed E-state index contributed by atoms with van der Waals surface area (Å²) in [5.74, 6) is -0.983. The van der Waals surface area contributed by atoms with Gasteiger partial charge < -0.3 is 19.5 Å². The minimum Gasteiger partial charge on any atom is -0.480 e. The van der Waals surface area contributed by atoms with Gasteiger partial charge in [-0.1, -0.05) is 30.3 Å². The van der Waals surface area contributed by atoms with Crippen LogP contribution in [0.15, 0.2) is 40.3 Å². The monoisotopic (exact) mass is 508 g/mol. The van der Waals surface area contributed by atoms with Crippen LogP contribution >= 0.6 is 27.3 Å². The molecule has 2 aliphatic rings. The van der Waals surface area contributed by atoms with Gasteiger partial charge in [0.2, 0.25) is 0 Å². The third-order valence-electron chi connectivity index (χ3n) is 6.36. The molecule has 1 aromatic heterocycles. The molecule has 0 atom stereocenters. The van der Waals surface area contributed by atoms with Crippen LogP contribution in [0.25, 0.3) is 0 Å². The van der Waals surface area contributed by atoms with Crippen LogP contribution in [0, 0.1) is 5.41 Å². The number of ether oxygens (including phenoxy) is 2. The zero-order chi connectivity index (χ0) is 21.9. The Labute approximate surface area is 193 Å². The molecular formula is C22H25BrN2O5S. The lowest BCUT2D eigenvalue weighted by molar-refractivity contribution is -0.156. The Bertz CT molecular complexity index is 927. The summed E-state index contributed by atoms with van der Waals surface area (Å²) in [6.07, 6.45) is 3.73. The number of carboxylic acids is 1. The Hall–Kier alpha value is -1.97. The maximum atomic E-state index is 12.6. The summed E-state index contributed by atoms with van der Waals surface area (Å²) in [5, 5.41) is 11.8. The van der Waals surface area contributed by atoms with Gasteiger partial charge in [-0.3, -0.25) is 0 Å². The van der Waals surface area contributed by atoms with Gasteiger partial charge in [0, 0.05) is 18.5 Å². The lowest BCUT2D eigenvalue weighted by Gasteiger charge is -2.43. The van der Waals surface area contributed by atoms with Gasteiger partial charge in [0.05, 0.1) is 0 Å². The molecule has 1 saturated carbocycles. The number of amides is 1. The van der Waals surface area contributed by atoms with Crippen LogP contribution in [0.3, 0.4) is 0 Å². The van der Waals surface area contributed by atoms with Crippen LogP contribution in [0.4, 0.5) is 4.79 Å². The van der Waals surface area contributed by atoms with E-state index in [-0.39, 0.29) is 24.7 Å². The van der Waals surface area contributed by atoms with Gasteiger partial charge >= 0.3 is 12.1 Å². The van der Waals surface area contributed by atoms with Crippen molar-refractivity contribution in [2.24, 2.45) is 5.41 Å². The number of hydrogen-bond donors (Lipinski definition) is 1. The highest BCUT2D eigenvalue weighted by Gasteiger charge is 2.49. The van der Waals surface area contributed by atoms with E-state index < -0.39 is 11.6 Å². The summed E-state index contributed by atoms with van der Waals surface area (Å²) in [7, 11) is 0. The van der Waals surface area contributed by atoms with E-state index in [1.54, 1.807) is 4.90 Å². The summed E-state index contributed by atoms with van der Waals surface area (Å²) in [4.78, 5) is 30.0. The Kier molecular flexibility index (Phi) is 6.64. The standard InChI is InChI=1S/C22H25BrN2O5S/c23-17-14-31-19(24-17)22(30-13-18(26)27)8-6-21(7-9-22)10-11-25(15-21)20(28)29-12-16-4-2-1-3-5-16/h1-5,14H,6-13,15H2,(H,26,27). The summed E-state index contributed by atoms with van der Waals surface area (Å²) in [6.45, 7) is 1.27. The number of carbonyl (C=O) groups is 2. The third kappa shape index (κ3) is 5.10. The largest absolute Gasteiger partial charge is 0.480 e. The van der Waals surface area contributed by atoms with Crippen LogP contribution < -0.4 is 0 Å². The number of carbonyl (C=O) groups excluding carboxylic acids is 1. The molecule has 166 valence electrons. The van der Waals surface area contributed by atoms with Crippen LogP contribution in [0.5, 0.6) is 0 Å². The van der Waals surface area contributed by atoms with Crippen molar-refractivity contribution in [3.8, 4) is 0 Å². The van der Waals surface area contributed by atoms with E-state index in [1.807, 2.05) is 35.7 Å². The van der Waals surface area contributed by atoms with Crippen LogP contribution in [-0.4, -0.2) is 46.7 Å². The predicted molar refractivity (Wildman–Crippen MR) is 119 cm³/mol. The first-order chi connectivity index (χ1) is 14.9. The van der Waals surface area contributed by atoms with E-state index in [1.165, 1.54) is 11.3 Å². The number of nitrogens with zero attached hydrogens (tertiary/aromatic N) is 2. The molecule has 1 aromatic carbocycles. The fourth-order valence-corrected chi connectivity index (χ4v) is 6.04. The van der Waals surface area contributed by atoms with E-state index in [0.29, 0.717) is 25.9 Å². The highest BCUT2D eigenvalue weighted by atomic mass is 79.9. The molecule has 1 aliphatic heterocycles. The van der Waals surface area contributed by atoms with Crippen LogP contribution in [-0.2, 0) is 26.5 Å². The Morgan fingerprint density at radius 1 is 1.16 bits per heavy atom. The number of rotatable bonds is 6. The van der Waals surface area contributed by atoms with Crippen molar-refractivity contribution in [2.75, 3.05) is 19.7 Å². The zero-order valence-electron chi connectivity index (χ0n) is 17.1. The fraction of sp³-hybridized carbons (Fsp3) is 0.500. The van der Waals surface area contributed by atoms with Crippen LogP contribution in [0.1, 0.15) is 42.7 Å². The second-order valence-electron chi connectivity index (χ2n) is 8.36. The average Bonchev–Trinajstić information content (AvgIpc) is 3.40. The molecular weight excluding hydrogens is 484 g/mol. The molecule has 2 aromatic rings. The van der Waals surface area contributed by atoms with Crippen molar-refractivity contribution in [1.82, 2.24) is 9.88 Å². The topological polar surface area (TPSA) is 89.0 Å². The zero-order valence-corrected chi connectivity index (χ0v) is 19.5. The lowest BCUT2D eigenvalue weighted by atomic mass is 9.68. The maximum Gasteiger partial charge on any atom is 0.410 e. The quantitative estimate of drug-likeness (QED) is 0.602. The van der Waals surface area contributed by atoms with E-state index in [4.69, 9.17) is 14.6 Å². The van der Waals surface area contributed by atoms with Gasteiger partial charge in [0.25, 0.3) is 0 Å². The molecule has 1 saturated heterocycles. The smallest absolute Gasteiger partial charge is 0.410 e. The number of halogens is 1. The number of aromatic nitrogens is 1. The highest BCUT2D eigenvalue weighted by molar-refractivity contribution is 9.10. The lowest BCUT2D eigenvalue weighted by Crippen LogP contribution is -2.42. The summed E-state index contributed by atoms with van der Waals surface area (Å²) in [5.41, 5.74) is 0.315. The van der Waals surface area contributed by atoms with Crippen LogP contribution in [0.2, 0.25) is 0 Å². The first-order valence-corrected chi connectivity index (χ1v) is 12.0. The summed E-state index contributed by atoms with van der Waals surface area (Å²) in [6, 6.07) is 9.66. The molecule has 0 radical (unpaired) electrons. The van der Waals surface area contributed by atoms with Crippen molar-refractivity contribution >= 4 is 39.3 Å². The molecule has 0 bridgehead atoms. The Morgan fingerprint density at radius 3 is 2.55 bits per heavy atom. The Morgan fingerprint density at radius 2 is 1.90 bits per heavy atom. The van der Waals surface area contributed by atoms with E-state index >= 15 is 0 Å². The number of carboxylic acid groups (broad SMARTS) is 1. The molecule has 0 unspecified atom stereocenters. The normalized spacial score (nSPS) is 25.6. The molecule has 4 rings (SSSR count). The van der Waals surface area contributed by atoms with E-state index in [0.717, 1.165) is 34.4 Å². The molecule has 2 fully saturated rings. The molecule has 9 heteroatoms. The molecule has 1 amide bonds. The van der Waals surface area contributed by atoms with Gasteiger partial charge in [-0.15, -0.1) is 11.3 Å². The SMILES string of the molecule is O=C(O)COC1(c2nc(Br)cs2)CCC2(CCN(C(=O)OCc3ccccc3)C2)CC1. The average molecular weight is 509 g/mol. The third-order valence-corrected chi connectivity index (χ3v) is 8.09. The molecule has 1 spiro atoms. The predicted octanol–water partition coefficient (Wildman–Crippen LogP) is 4.81. The minimum atomic E-state index is -0.983. The van der Waals surface area contributed by atoms with Gasteiger partial charge in [0.15, 0.2) is 0 Å². The molecule has 7 nitrogen and oxygen atoms in total. The number of benzene rings is 1. The van der Waals surface area contributed by atoms with Gasteiger partial charge in [-0.05, 0) is 59.0 Å². The van der Waals surface area contributed by atoms with Crippen molar-refractivity contribution < 1.29 is 24.2 Å². The van der Waals surface area contributed by atoms with Crippen molar-refractivity contribution in [2.45, 2.75) is 44.3 Å². The molecule has 1 aliphatic carbocycles. The van der Waals surface area contributed by atoms with E-state index in [9.17, 15) is 9.59 Å². The number of aliphatic carboxylic acids is 1. The Balaban J connectivity index is 1.37. The van der Waals surface area contributed by atoms with Crippen molar-refractivity contribution in [1.29, 1.82) is 0 Å². The van der Waals surface area contributed by atoms with Gasteiger partial charge in [-0.25, -0.2) is 14.6 Å². The second kappa shape index (κ2) is 9.26. The summed E-state index contributed by atoms with van der Waals surface area (Å²) >= 11 is 4.87. The van der Waals surface area contributed by atoms with Crippen molar-refractivity contribution in [3.63, 3.8) is 0 Å². The number of hydrogen-bond acceptors (Lipinski definition) is 6. The molecule has 31 heavy (non-hydrogen) atoms.